The zero-order valence-corrected chi connectivity index (χ0v) is 10.7. The Morgan fingerprint density at radius 2 is 2.26 bits per heavy atom. The third-order valence-electron chi connectivity index (χ3n) is 3.73. The van der Waals surface area contributed by atoms with E-state index >= 15 is 0 Å². The lowest BCUT2D eigenvalue weighted by molar-refractivity contribution is 0.422. The first kappa shape index (κ1) is 12.3. The minimum absolute atomic E-state index is 0.254. The molecular formula is C14H17FN4. The Hall–Kier alpha value is -1.75. The topological polar surface area (TPSA) is 55.0 Å². The summed E-state index contributed by atoms with van der Waals surface area (Å²) in [5.74, 6) is 1.06. The molecular weight excluding hydrogens is 243 g/mol. The number of anilines is 1. The van der Waals surface area contributed by atoms with Crippen LogP contribution in [0.15, 0.2) is 24.5 Å². The molecule has 0 bridgehead atoms. The maximum Gasteiger partial charge on any atom is 0.139 e. The maximum absolute atomic E-state index is 13.4. The summed E-state index contributed by atoms with van der Waals surface area (Å²) in [6.07, 6.45) is 3.80. The molecule has 1 unspecified atom stereocenters. The Balaban J connectivity index is 2.02. The Morgan fingerprint density at radius 1 is 1.37 bits per heavy atom. The van der Waals surface area contributed by atoms with Crippen molar-refractivity contribution in [3.63, 3.8) is 0 Å². The average Bonchev–Trinajstić information content (AvgIpc) is 2.46. The number of nitrogens with zero attached hydrogens (tertiary/aromatic N) is 3. The van der Waals surface area contributed by atoms with Gasteiger partial charge in [0.1, 0.15) is 18.0 Å². The van der Waals surface area contributed by atoms with Crippen molar-refractivity contribution in [2.45, 2.75) is 12.8 Å². The van der Waals surface area contributed by atoms with Gasteiger partial charge in [0, 0.05) is 18.5 Å². The summed E-state index contributed by atoms with van der Waals surface area (Å²) in [6.45, 7) is 2.52. The fourth-order valence-corrected chi connectivity index (χ4v) is 2.72. The second-order valence-electron chi connectivity index (χ2n) is 5.05. The van der Waals surface area contributed by atoms with Crippen molar-refractivity contribution in [1.29, 1.82) is 0 Å². The third-order valence-corrected chi connectivity index (χ3v) is 3.73. The highest BCUT2D eigenvalue weighted by atomic mass is 19.1. The van der Waals surface area contributed by atoms with Crippen LogP contribution in [-0.2, 0) is 0 Å². The normalized spacial score (nSPS) is 19.9. The van der Waals surface area contributed by atoms with Gasteiger partial charge in [0.25, 0.3) is 0 Å². The molecule has 1 fully saturated rings. The lowest BCUT2D eigenvalue weighted by Gasteiger charge is -2.33. The molecule has 5 heteroatoms. The standard InChI is InChI=1S/C14H17FN4/c15-11-3-4-13-12(6-11)14(18-9-17-13)19-5-1-2-10(7-16)8-19/h3-4,6,9-10H,1-2,5,7-8,16H2. The molecule has 0 saturated carbocycles. The number of rotatable bonds is 2. The SMILES string of the molecule is NCC1CCCN(c2ncnc3ccc(F)cc23)C1. The number of benzene rings is 1. The summed E-state index contributed by atoms with van der Waals surface area (Å²) >= 11 is 0. The van der Waals surface area contributed by atoms with Gasteiger partial charge >= 0.3 is 0 Å². The van der Waals surface area contributed by atoms with Crippen LogP contribution < -0.4 is 10.6 Å². The van der Waals surface area contributed by atoms with Gasteiger partial charge in [-0.25, -0.2) is 14.4 Å². The molecule has 1 aromatic carbocycles. The van der Waals surface area contributed by atoms with E-state index in [1.165, 1.54) is 12.1 Å². The molecule has 2 heterocycles. The largest absolute Gasteiger partial charge is 0.356 e. The van der Waals surface area contributed by atoms with Crippen molar-refractivity contribution in [3.05, 3.63) is 30.3 Å². The van der Waals surface area contributed by atoms with Crippen LogP contribution in [0.5, 0.6) is 0 Å². The van der Waals surface area contributed by atoms with Crippen molar-refractivity contribution < 1.29 is 4.39 Å². The van der Waals surface area contributed by atoms with Crippen molar-refractivity contribution in [2.24, 2.45) is 11.7 Å². The van der Waals surface area contributed by atoms with E-state index in [-0.39, 0.29) is 5.82 Å². The molecule has 1 aliphatic heterocycles. The van der Waals surface area contributed by atoms with E-state index in [1.54, 1.807) is 12.4 Å². The van der Waals surface area contributed by atoms with Crippen LogP contribution in [0.25, 0.3) is 10.9 Å². The van der Waals surface area contributed by atoms with E-state index in [9.17, 15) is 4.39 Å². The Kier molecular flexibility index (Phi) is 3.29. The molecule has 1 saturated heterocycles. The summed E-state index contributed by atoms with van der Waals surface area (Å²) in [5, 5.41) is 0.778. The lowest BCUT2D eigenvalue weighted by Crippen LogP contribution is -2.38. The summed E-state index contributed by atoms with van der Waals surface area (Å²) in [7, 11) is 0. The molecule has 2 aromatic rings. The molecule has 0 amide bonds. The van der Waals surface area contributed by atoms with E-state index in [0.717, 1.165) is 42.7 Å². The van der Waals surface area contributed by atoms with Crippen LogP contribution in [0, 0.1) is 11.7 Å². The van der Waals surface area contributed by atoms with E-state index in [1.807, 2.05) is 0 Å². The van der Waals surface area contributed by atoms with Gasteiger partial charge in [0.15, 0.2) is 0 Å². The molecule has 0 aliphatic carbocycles. The first-order chi connectivity index (χ1) is 9.28. The number of nitrogens with two attached hydrogens (primary N) is 1. The predicted molar refractivity (Wildman–Crippen MR) is 73.5 cm³/mol. The zero-order valence-electron chi connectivity index (χ0n) is 10.7. The van der Waals surface area contributed by atoms with Gasteiger partial charge in [-0.15, -0.1) is 0 Å². The monoisotopic (exact) mass is 260 g/mol. The zero-order chi connectivity index (χ0) is 13.2. The van der Waals surface area contributed by atoms with Crippen LogP contribution in [0.1, 0.15) is 12.8 Å². The highest BCUT2D eigenvalue weighted by molar-refractivity contribution is 5.89. The number of fused-ring (bicyclic) bond motifs is 1. The molecule has 4 nitrogen and oxygen atoms in total. The van der Waals surface area contributed by atoms with E-state index in [2.05, 4.69) is 14.9 Å². The first-order valence-electron chi connectivity index (χ1n) is 6.63. The lowest BCUT2D eigenvalue weighted by atomic mass is 9.98. The fraction of sp³-hybridized carbons (Fsp3) is 0.429. The van der Waals surface area contributed by atoms with E-state index < -0.39 is 0 Å². The molecule has 100 valence electrons. The summed E-state index contributed by atoms with van der Waals surface area (Å²) in [4.78, 5) is 10.7. The van der Waals surface area contributed by atoms with E-state index in [4.69, 9.17) is 5.73 Å². The summed E-state index contributed by atoms with van der Waals surface area (Å²) in [6, 6.07) is 4.63. The van der Waals surface area contributed by atoms with Gasteiger partial charge in [0.05, 0.1) is 5.52 Å². The molecule has 2 N–H and O–H groups in total. The van der Waals surface area contributed by atoms with Gasteiger partial charge < -0.3 is 10.6 Å². The predicted octanol–water partition coefficient (Wildman–Crippen LogP) is 1.94. The van der Waals surface area contributed by atoms with E-state index in [0.29, 0.717) is 12.5 Å². The number of halogens is 1. The molecule has 0 spiro atoms. The van der Waals surface area contributed by atoms with Crippen molar-refractivity contribution >= 4 is 16.7 Å². The first-order valence-corrected chi connectivity index (χ1v) is 6.63. The highest BCUT2D eigenvalue weighted by Crippen LogP contribution is 2.27. The fourth-order valence-electron chi connectivity index (χ4n) is 2.72. The smallest absolute Gasteiger partial charge is 0.139 e. The Morgan fingerprint density at radius 3 is 3.11 bits per heavy atom. The van der Waals surface area contributed by atoms with Crippen LogP contribution in [-0.4, -0.2) is 29.6 Å². The van der Waals surface area contributed by atoms with Crippen LogP contribution in [0.2, 0.25) is 0 Å². The second-order valence-corrected chi connectivity index (χ2v) is 5.05. The van der Waals surface area contributed by atoms with Gasteiger partial charge in [-0.05, 0) is 43.5 Å². The molecule has 1 atom stereocenters. The Bertz CT molecular complexity index is 587. The van der Waals surface area contributed by atoms with Gasteiger partial charge in [0.2, 0.25) is 0 Å². The second kappa shape index (κ2) is 5.09. The number of aromatic nitrogens is 2. The number of hydrogen-bond donors (Lipinski definition) is 1. The summed E-state index contributed by atoms with van der Waals surface area (Å²) in [5.41, 5.74) is 6.54. The Labute approximate surface area is 111 Å². The average molecular weight is 260 g/mol. The molecule has 1 aliphatic rings. The van der Waals surface area contributed by atoms with Gasteiger partial charge in [-0.3, -0.25) is 0 Å². The van der Waals surface area contributed by atoms with Crippen LogP contribution in [0.3, 0.4) is 0 Å². The molecule has 19 heavy (non-hydrogen) atoms. The van der Waals surface area contributed by atoms with Gasteiger partial charge in [-0.1, -0.05) is 0 Å². The van der Waals surface area contributed by atoms with Gasteiger partial charge in [-0.2, -0.15) is 0 Å². The summed E-state index contributed by atoms with van der Waals surface area (Å²) < 4.78 is 13.4. The van der Waals surface area contributed by atoms with Crippen molar-refractivity contribution in [2.75, 3.05) is 24.5 Å². The van der Waals surface area contributed by atoms with Crippen molar-refractivity contribution in [3.8, 4) is 0 Å². The molecule has 1 aromatic heterocycles. The minimum atomic E-state index is -0.254. The maximum atomic E-state index is 13.4. The van der Waals surface area contributed by atoms with Crippen LogP contribution >= 0.6 is 0 Å². The minimum Gasteiger partial charge on any atom is -0.356 e. The highest BCUT2D eigenvalue weighted by Gasteiger charge is 2.21. The number of hydrogen-bond acceptors (Lipinski definition) is 4. The number of piperidine rings is 1. The quantitative estimate of drug-likeness (QED) is 0.896. The van der Waals surface area contributed by atoms with Crippen molar-refractivity contribution in [1.82, 2.24) is 9.97 Å². The third kappa shape index (κ3) is 2.38. The molecule has 0 radical (unpaired) electrons. The molecule has 3 rings (SSSR count). The van der Waals surface area contributed by atoms with Crippen LogP contribution in [0.4, 0.5) is 10.2 Å².